The molecule has 0 atom stereocenters. The molecule has 2 heterocycles. The van der Waals surface area contributed by atoms with Gasteiger partial charge in [0.1, 0.15) is 11.6 Å². The Bertz CT molecular complexity index is 1120. The third-order valence-corrected chi connectivity index (χ3v) is 5.20. The normalized spacial score (nSPS) is 11.0. The van der Waals surface area contributed by atoms with E-state index in [1.807, 2.05) is 28.8 Å². The first-order valence-corrected chi connectivity index (χ1v) is 9.66. The average molecular weight is 415 g/mol. The van der Waals surface area contributed by atoms with Crippen molar-refractivity contribution in [2.75, 3.05) is 0 Å². The number of hydrogen-bond donors (Lipinski definition) is 0. The summed E-state index contributed by atoms with van der Waals surface area (Å²) >= 11 is 7.46. The minimum atomic E-state index is -0.604. The van der Waals surface area contributed by atoms with Crippen LogP contribution in [0.2, 0.25) is 5.02 Å². The van der Waals surface area contributed by atoms with Gasteiger partial charge >= 0.3 is 0 Å². The van der Waals surface area contributed by atoms with Crippen molar-refractivity contribution in [2.24, 2.45) is 0 Å². The van der Waals surface area contributed by atoms with Gasteiger partial charge in [-0.05, 0) is 42.0 Å². The molecule has 0 saturated carbocycles. The van der Waals surface area contributed by atoms with Crippen LogP contribution in [-0.4, -0.2) is 19.7 Å². The molecule has 4 rings (SSSR count). The summed E-state index contributed by atoms with van der Waals surface area (Å²) in [5.74, 6) is -0.323. The Kier molecular flexibility index (Phi) is 5.36. The van der Waals surface area contributed by atoms with E-state index >= 15 is 0 Å². The Morgan fingerprint density at radius 1 is 1.00 bits per heavy atom. The molecule has 0 spiro atoms. The summed E-state index contributed by atoms with van der Waals surface area (Å²) in [6.45, 7) is 0. The van der Waals surface area contributed by atoms with Crippen molar-refractivity contribution >= 4 is 23.4 Å². The fraction of sp³-hybridized carbons (Fsp3) is 0.0500. The summed E-state index contributed by atoms with van der Waals surface area (Å²) in [4.78, 5) is 4.14. The zero-order valence-corrected chi connectivity index (χ0v) is 16.0. The molecular weight excluding hydrogens is 402 g/mol. The lowest BCUT2D eigenvalue weighted by Crippen LogP contribution is -2.00. The molecule has 140 valence electrons. The van der Waals surface area contributed by atoms with Gasteiger partial charge in [0.15, 0.2) is 11.0 Å². The Balaban J connectivity index is 1.74. The third kappa shape index (κ3) is 3.90. The SMILES string of the molecule is Fc1ccc(CSc2nnc(-c3cccnc3)n2-c2cccc(Cl)c2)c(F)c1. The Morgan fingerprint density at radius 2 is 1.89 bits per heavy atom. The van der Waals surface area contributed by atoms with E-state index in [0.717, 1.165) is 17.3 Å². The lowest BCUT2D eigenvalue weighted by atomic mass is 10.2. The van der Waals surface area contributed by atoms with Gasteiger partial charge in [-0.1, -0.05) is 35.5 Å². The van der Waals surface area contributed by atoms with Crippen molar-refractivity contribution in [3.8, 4) is 17.1 Å². The highest BCUT2D eigenvalue weighted by Crippen LogP contribution is 2.30. The maximum atomic E-state index is 14.0. The van der Waals surface area contributed by atoms with Gasteiger partial charge in [-0.3, -0.25) is 9.55 Å². The summed E-state index contributed by atoms with van der Waals surface area (Å²) in [6.07, 6.45) is 3.37. The molecule has 8 heteroatoms. The van der Waals surface area contributed by atoms with Crippen LogP contribution in [0.5, 0.6) is 0 Å². The van der Waals surface area contributed by atoms with Crippen LogP contribution < -0.4 is 0 Å². The van der Waals surface area contributed by atoms with Gasteiger partial charge in [0, 0.05) is 34.8 Å². The quantitative estimate of drug-likeness (QED) is 0.401. The third-order valence-electron chi connectivity index (χ3n) is 3.99. The molecule has 4 aromatic rings. The summed E-state index contributed by atoms with van der Waals surface area (Å²) in [5.41, 5.74) is 1.95. The number of hydrogen-bond acceptors (Lipinski definition) is 4. The highest BCUT2D eigenvalue weighted by Gasteiger charge is 2.17. The van der Waals surface area contributed by atoms with Crippen LogP contribution in [-0.2, 0) is 5.75 Å². The van der Waals surface area contributed by atoms with E-state index in [2.05, 4.69) is 15.2 Å². The predicted molar refractivity (Wildman–Crippen MR) is 106 cm³/mol. The maximum absolute atomic E-state index is 14.0. The molecule has 28 heavy (non-hydrogen) atoms. The molecule has 0 aliphatic carbocycles. The van der Waals surface area contributed by atoms with E-state index in [1.54, 1.807) is 24.5 Å². The standard InChI is InChI=1S/C20H13ClF2N4S/c21-15-4-1-5-17(9-15)27-19(13-3-2-8-24-11-13)25-26-20(27)28-12-14-6-7-16(22)10-18(14)23/h1-11H,12H2. The van der Waals surface area contributed by atoms with Gasteiger partial charge < -0.3 is 0 Å². The Labute approximate surface area is 169 Å². The fourth-order valence-corrected chi connectivity index (χ4v) is 3.80. The van der Waals surface area contributed by atoms with E-state index in [4.69, 9.17) is 11.6 Å². The largest absolute Gasteiger partial charge is 0.270 e. The molecule has 0 N–H and O–H groups in total. The molecule has 0 fully saturated rings. The molecular formula is C20H13ClF2N4S. The van der Waals surface area contributed by atoms with E-state index in [9.17, 15) is 8.78 Å². The topological polar surface area (TPSA) is 43.6 Å². The summed E-state index contributed by atoms with van der Waals surface area (Å²) < 4.78 is 29.0. The van der Waals surface area contributed by atoms with E-state index in [0.29, 0.717) is 21.6 Å². The molecule has 0 aliphatic rings. The molecule has 2 aromatic carbocycles. The van der Waals surface area contributed by atoms with Crippen LogP contribution >= 0.6 is 23.4 Å². The van der Waals surface area contributed by atoms with Crippen LogP contribution in [0.4, 0.5) is 8.78 Å². The van der Waals surface area contributed by atoms with Gasteiger partial charge in [-0.15, -0.1) is 10.2 Å². The maximum Gasteiger partial charge on any atom is 0.196 e. The summed E-state index contributed by atoms with van der Waals surface area (Å²) in [7, 11) is 0. The fourth-order valence-electron chi connectivity index (χ4n) is 2.67. The highest BCUT2D eigenvalue weighted by atomic mass is 35.5. The Hall–Kier alpha value is -2.77. The van der Waals surface area contributed by atoms with Crippen LogP contribution in [0.25, 0.3) is 17.1 Å². The van der Waals surface area contributed by atoms with Crippen molar-refractivity contribution in [1.29, 1.82) is 0 Å². The number of thioether (sulfide) groups is 1. The van der Waals surface area contributed by atoms with Crippen LogP contribution in [0.1, 0.15) is 5.56 Å². The first kappa shape index (κ1) is 18.6. The van der Waals surface area contributed by atoms with E-state index < -0.39 is 11.6 Å². The molecule has 0 bridgehead atoms. The number of halogens is 3. The molecule has 0 aliphatic heterocycles. The zero-order valence-electron chi connectivity index (χ0n) is 14.4. The second kappa shape index (κ2) is 8.08. The summed E-state index contributed by atoms with van der Waals surface area (Å²) in [6, 6.07) is 14.5. The first-order valence-electron chi connectivity index (χ1n) is 8.30. The molecule has 4 nitrogen and oxygen atoms in total. The smallest absolute Gasteiger partial charge is 0.196 e. The van der Waals surface area contributed by atoms with Gasteiger partial charge in [-0.2, -0.15) is 0 Å². The molecule has 0 saturated heterocycles. The van der Waals surface area contributed by atoms with Crippen molar-refractivity contribution in [1.82, 2.24) is 19.7 Å². The van der Waals surface area contributed by atoms with Gasteiger partial charge in [0.25, 0.3) is 0 Å². The average Bonchev–Trinajstić information content (AvgIpc) is 3.12. The van der Waals surface area contributed by atoms with Crippen molar-refractivity contribution in [3.63, 3.8) is 0 Å². The number of rotatable bonds is 5. The van der Waals surface area contributed by atoms with Crippen molar-refractivity contribution < 1.29 is 8.78 Å². The van der Waals surface area contributed by atoms with Crippen molar-refractivity contribution in [2.45, 2.75) is 10.9 Å². The minimum absolute atomic E-state index is 0.276. The number of benzene rings is 2. The molecule has 2 aromatic heterocycles. The van der Waals surface area contributed by atoms with E-state index in [-0.39, 0.29) is 5.75 Å². The lowest BCUT2D eigenvalue weighted by Gasteiger charge is -2.11. The number of aromatic nitrogens is 4. The van der Waals surface area contributed by atoms with Gasteiger partial charge in [-0.25, -0.2) is 8.78 Å². The lowest BCUT2D eigenvalue weighted by molar-refractivity contribution is 0.576. The predicted octanol–water partition coefficient (Wildman–Crippen LogP) is 5.55. The minimum Gasteiger partial charge on any atom is -0.270 e. The molecule has 0 radical (unpaired) electrons. The Morgan fingerprint density at radius 3 is 2.64 bits per heavy atom. The molecule has 0 unspecified atom stereocenters. The second-order valence-electron chi connectivity index (χ2n) is 5.89. The van der Waals surface area contributed by atoms with Gasteiger partial charge in [0.05, 0.1) is 5.69 Å². The van der Waals surface area contributed by atoms with Crippen molar-refractivity contribution in [3.05, 3.63) is 89.2 Å². The number of nitrogens with zero attached hydrogens (tertiary/aromatic N) is 4. The second-order valence-corrected chi connectivity index (χ2v) is 7.27. The van der Waals surface area contributed by atoms with Crippen LogP contribution in [0, 0.1) is 11.6 Å². The van der Waals surface area contributed by atoms with Crippen LogP contribution in [0.15, 0.2) is 72.1 Å². The van der Waals surface area contributed by atoms with Crippen LogP contribution in [0.3, 0.4) is 0 Å². The molecule has 0 amide bonds. The zero-order chi connectivity index (χ0) is 19.5. The van der Waals surface area contributed by atoms with Gasteiger partial charge in [0.2, 0.25) is 0 Å². The summed E-state index contributed by atoms with van der Waals surface area (Å²) in [5, 5.41) is 9.70. The first-order chi connectivity index (χ1) is 13.6. The monoisotopic (exact) mass is 414 g/mol. The number of pyridine rings is 1. The van der Waals surface area contributed by atoms with E-state index in [1.165, 1.54) is 23.9 Å². The highest BCUT2D eigenvalue weighted by molar-refractivity contribution is 7.98.